The minimum absolute atomic E-state index is 0. The maximum atomic E-state index is 11.5. The van der Waals surface area contributed by atoms with E-state index in [1.807, 2.05) is 25.1 Å². The molecule has 1 aliphatic rings. The number of nitrogens with zero attached hydrogens (tertiary/aromatic N) is 1. The number of ether oxygens (including phenoxy) is 2. The fourth-order valence-corrected chi connectivity index (χ4v) is 3.20. The molecule has 1 saturated heterocycles. The Morgan fingerprint density at radius 1 is 1.38 bits per heavy atom. The second-order valence-corrected chi connectivity index (χ2v) is 7.32. The SMILES string of the molecule is CCNC(=O)COc1ccc(CN2CCC(N)C(C)(C)C2)cc1OC.Cl. The molecule has 26 heavy (non-hydrogen) atoms. The molecule has 0 saturated carbocycles. The number of nitrogens with one attached hydrogen (secondary N) is 1. The van der Waals surface area contributed by atoms with Crippen molar-refractivity contribution in [2.75, 3.05) is 33.4 Å². The predicted octanol–water partition coefficient (Wildman–Crippen LogP) is 2.19. The number of hydrogen-bond donors (Lipinski definition) is 2. The summed E-state index contributed by atoms with van der Waals surface area (Å²) in [4.78, 5) is 14.0. The summed E-state index contributed by atoms with van der Waals surface area (Å²) < 4.78 is 11.0. The highest BCUT2D eigenvalue weighted by molar-refractivity contribution is 5.85. The van der Waals surface area contributed by atoms with E-state index in [-0.39, 0.29) is 36.4 Å². The van der Waals surface area contributed by atoms with Gasteiger partial charge in [0.15, 0.2) is 18.1 Å². The fourth-order valence-electron chi connectivity index (χ4n) is 3.20. The first-order valence-corrected chi connectivity index (χ1v) is 8.90. The highest BCUT2D eigenvalue weighted by atomic mass is 35.5. The van der Waals surface area contributed by atoms with Crippen molar-refractivity contribution in [2.45, 2.75) is 39.8 Å². The van der Waals surface area contributed by atoms with Gasteiger partial charge in [-0.05, 0) is 36.5 Å². The smallest absolute Gasteiger partial charge is 0.257 e. The van der Waals surface area contributed by atoms with Gasteiger partial charge in [-0.25, -0.2) is 0 Å². The van der Waals surface area contributed by atoms with Crippen molar-refractivity contribution >= 4 is 18.3 Å². The first kappa shape index (κ1) is 22.5. The standard InChI is InChI=1S/C19H31N3O3.ClH/c1-5-21-18(23)12-25-15-7-6-14(10-16(15)24-4)11-22-9-8-17(20)19(2,3)13-22;/h6-7,10,17H,5,8-9,11-13,20H2,1-4H3,(H,21,23);1H. The molecule has 0 aliphatic carbocycles. The van der Waals surface area contributed by atoms with E-state index in [2.05, 4.69) is 24.1 Å². The van der Waals surface area contributed by atoms with Crippen LogP contribution < -0.4 is 20.5 Å². The largest absolute Gasteiger partial charge is 0.493 e. The highest BCUT2D eigenvalue weighted by Gasteiger charge is 2.33. The van der Waals surface area contributed by atoms with Crippen LogP contribution in [0.25, 0.3) is 0 Å². The number of likely N-dealkylation sites (N-methyl/N-ethyl adjacent to an activating group) is 1. The van der Waals surface area contributed by atoms with Gasteiger partial charge in [0.05, 0.1) is 7.11 Å². The summed E-state index contributed by atoms with van der Waals surface area (Å²) in [5.74, 6) is 1.09. The van der Waals surface area contributed by atoms with Crippen LogP contribution in [0.3, 0.4) is 0 Å². The van der Waals surface area contributed by atoms with Gasteiger partial charge in [-0.3, -0.25) is 9.69 Å². The first-order valence-electron chi connectivity index (χ1n) is 8.90. The van der Waals surface area contributed by atoms with Gasteiger partial charge in [-0.1, -0.05) is 19.9 Å². The molecule has 1 heterocycles. The normalized spacial score (nSPS) is 19.3. The summed E-state index contributed by atoms with van der Waals surface area (Å²) in [6, 6.07) is 6.13. The molecule has 0 spiro atoms. The number of carbonyl (C=O) groups excluding carboxylic acids is 1. The second-order valence-electron chi connectivity index (χ2n) is 7.32. The predicted molar refractivity (Wildman–Crippen MR) is 106 cm³/mol. The Labute approximate surface area is 162 Å². The van der Waals surface area contributed by atoms with Crippen LogP contribution in [0.15, 0.2) is 18.2 Å². The van der Waals surface area contributed by atoms with E-state index >= 15 is 0 Å². The number of piperidine rings is 1. The zero-order valence-electron chi connectivity index (χ0n) is 16.2. The maximum absolute atomic E-state index is 11.5. The van der Waals surface area contributed by atoms with Gasteiger partial charge in [-0.2, -0.15) is 0 Å². The zero-order chi connectivity index (χ0) is 18.4. The summed E-state index contributed by atoms with van der Waals surface area (Å²) in [5, 5.41) is 2.71. The lowest BCUT2D eigenvalue weighted by Crippen LogP contribution is -2.52. The van der Waals surface area contributed by atoms with Gasteiger partial charge in [0.25, 0.3) is 5.91 Å². The molecule has 7 heteroatoms. The van der Waals surface area contributed by atoms with Crippen molar-refractivity contribution in [3.8, 4) is 11.5 Å². The van der Waals surface area contributed by atoms with E-state index < -0.39 is 0 Å². The maximum Gasteiger partial charge on any atom is 0.257 e. The van der Waals surface area contributed by atoms with Crippen LogP contribution in [-0.4, -0.2) is 50.2 Å². The molecule has 148 valence electrons. The molecule has 1 fully saturated rings. The Morgan fingerprint density at radius 3 is 2.73 bits per heavy atom. The van der Waals surface area contributed by atoms with Crippen molar-refractivity contribution in [1.82, 2.24) is 10.2 Å². The molecule has 3 N–H and O–H groups in total. The van der Waals surface area contributed by atoms with Crippen molar-refractivity contribution in [1.29, 1.82) is 0 Å². The van der Waals surface area contributed by atoms with Crippen molar-refractivity contribution < 1.29 is 14.3 Å². The summed E-state index contributed by atoms with van der Waals surface area (Å²) in [6.45, 7) is 9.74. The quantitative estimate of drug-likeness (QED) is 0.752. The van der Waals surface area contributed by atoms with Gasteiger partial charge in [0.1, 0.15) is 0 Å². The minimum Gasteiger partial charge on any atom is -0.493 e. The van der Waals surface area contributed by atoms with E-state index in [1.54, 1.807) is 7.11 Å². The Kier molecular flexibility index (Phi) is 8.67. The van der Waals surface area contributed by atoms with Gasteiger partial charge < -0.3 is 20.5 Å². The number of likely N-dealkylation sites (tertiary alicyclic amines) is 1. The summed E-state index contributed by atoms with van der Waals surface area (Å²) in [7, 11) is 1.61. The zero-order valence-corrected chi connectivity index (χ0v) is 17.0. The van der Waals surface area contributed by atoms with Gasteiger partial charge >= 0.3 is 0 Å². The molecule has 1 atom stereocenters. The van der Waals surface area contributed by atoms with E-state index in [0.29, 0.717) is 18.0 Å². The molecular formula is C19H32ClN3O3. The van der Waals surface area contributed by atoms with Crippen LogP contribution >= 0.6 is 12.4 Å². The van der Waals surface area contributed by atoms with Crippen LogP contribution in [0.4, 0.5) is 0 Å². The Balaban J connectivity index is 0.00000338. The van der Waals surface area contributed by atoms with Crippen molar-refractivity contribution in [2.24, 2.45) is 11.1 Å². The van der Waals surface area contributed by atoms with Crippen LogP contribution in [0.2, 0.25) is 0 Å². The lowest BCUT2D eigenvalue weighted by atomic mass is 9.79. The number of amides is 1. The topological polar surface area (TPSA) is 76.8 Å². The second kappa shape index (κ2) is 10.00. The molecule has 1 aromatic carbocycles. The molecule has 0 radical (unpaired) electrons. The number of carbonyl (C=O) groups is 1. The molecule has 6 nitrogen and oxygen atoms in total. The third-order valence-electron chi connectivity index (χ3n) is 4.76. The first-order chi connectivity index (χ1) is 11.9. The Hall–Kier alpha value is -1.50. The van der Waals surface area contributed by atoms with E-state index in [1.165, 1.54) is 0 Å². The van der Waals surface area contributed by atoms with E-state index in [9.17, 15) is 4.79 Å². The minimum atomic E-state index is -0.138. The monoisotopic (exact) mass is 385 g/mol. The van der Waals surface area contributed by atoms with Crippen LogP contribution in [0.1, 0.15) is 32.8 Å². The lowest BCUT2D eigenvalue weighted by molar-refractivity contribution is -0.123. The number of rotatable bonds is 7. The summed E-state index contributed by atoms with van der Waals surface area (Å²) in [5.41, 5.74) is 7.50. The average Bonchev–Trinajstić information content (AvgIpc) is 2.57. The Morgan fingerprint density at radius 2 is 2.12 bits per heavy atom. The summed E-state index contributed by atoms with van der Waals surface area (Å²) in [6.07, 6.45) is 1.01. The highest BCUT2D eigenvalue weighted by Crippen LogP contribution is 2.31. The number of methoxy groups -OCH3 is 1. The summed E-state index contributed by atoms with van der Waals surface area (Å²) >= 11 is 0. The van der Waals surface area contributed by atoms with Crippen LogP contribution in [0.5, 0.6) is 11.5 Å². The third-order valence-corrected chi connectivity index (χ3v) is 4.76. The fraction of sp³-hybridized carbons (Fsp3) is 0.632. The number of hydrogen-bond acceptors (Lipinski definition) is 5. The van der Waals surface area contributed by atoms with Gasteiger partial charge in [-0.15, -0.1) is 12.4 Å². The Bertz CT molecular complexity index is 595. The third kappa shape index (κ3) is 6.04. The molecule has 1 unspecified atom stereocenters. The number of halogens is 1. The molecule has 0 bridgehead atoms. The molecule has 1 amide bonds. The molecular weight excluding hydrogens is 354 g/mol. The van der Waals surface area contributed by atoms with Crippen molar-refractivity contribution in [3.63, 3.8) is 0 Å². The van der Waals surface area contributed by atoms with Gasteiger partial charge in [0.2, 0.25) is 0 Å². The van der Waals surface area contributed by atoms with E-state index in [4.69, 9.17) is 15.2 Å². The van der Waals surface area contributed by atoms with Crippen molar-refractivity contribution in [3.05, 3.63) is 23.8 Å². The molecule has 1 aromatic rings. The molecule has 1 aliphatic heterocycles. The molecule has 2 rings (SSSR count). The lowest BCUT2D eigenvalue weighted by Gasteiger charge is -2.42. The van der Waals surface area contributed by atoms with E-state index in [0.717, 1.165) is 31.6 Å². The van der Waals surface area contributed by atoms with Gasteiger partial charge in [0, 0.05) is 32.2 Å². The van der Waals surface area contributed by atoms with Crippen LogP contribution in [0, 0.1) is 5.41 Å². The van der Waals surface area contributed by atoms with Crippen LogP contribution in [-0.2, 0) is 11.3 Å². The molecule has 0 aromatic heterocycles. The number of benzene rings is 1. The average molecular weight is 386 g/mol. The number of nitrogens with two attached hydrogens (primary N) is 1.